The first-order valence-corrected chi connectivity index (χ1v) is 27.7. The number of hydrogen-bond donors (Lipinski definition) is 15. The summed E-state index contributed by atoms with van der Waals surface area (Å²) < 4.78 is 0. The van der Waals surface area contributed by atoms with Crippen LogP contribution in [0.5, 0.6) is 5.75 Å². The van der Waals surface area contributed by atoms with Gasteiger partial charge in [0.05, 0.1) is 25.2 Å². The number of aromatic hydroxyl groups is 1. The number of carboxylic acids is 1. The Morgan fingerprint density at radius 1 is 0.705 bits per heavy atom. The maximum atomic E-state index is 14.4. The first-order valence-electron chi connectivity index (χ1n) is 25.3. The molecule has 19 N–H and O–H groups in total. The van der Waals surface area contributed by atoms with Crippen LogP contribution in [0.25, 0.3) is 0 Å². The fourth-order valence-corrected chi connectivity index (χ4v) is 11.0. The Bertz CT molecular complexity index is 2350. The van der Waals surface area contributed by atoms with Gasteiger partial charge in [-0.15, -0.1) is 0 Å². The van der Waals surface area contributed by atoms with E-state index in [1.807, 2.05) is 0 Å². The topological polar surface area (TPSA) is 481 Å². The maximum absolute atomic E-state index is 14.4. The summed E-state index contributed by atoms with van der Waals surface area (Å²) in [6.45, 7) is 0.245. The highest BCUT2D eigenvalue weighted by molar-refractivity contribution is 8.76. The van der Waals surface area contributed by atoms with E-state index in [0.717, 1.165) is 33.4 Å². The van der Waals surface area contributed by atoms with Gasteiger partial charge in [-0.25, -0.2) is 4.79 Å². The second kappa shape index (κ2) is 31.0. The van der Waals surface area contributed by atoms with Gasteiger partial charge in [0, 0.05) is 37.4 Å². The molecule has 29 nitrogen and oxygen atoms in total. The summed E-state index contributed by atoms with van der Waals surface area (Å²) in [5, 5.41) is 57.6. The molecular weight excluding hydrogens is 1070 g/mol. The smallest absolute Gasteiger partial charge is 0.326 e. The van der Waals surface area contributed by atoms with Gasteiger partial charge in [-0.3, -0.25) is 52.7 Å². The Labute approximate surface area is 456 Å². The van der Waals surface area contributed by atoms with Crippen LogP contribution in [0, 0.1) is 0 Å². The first-order chi connectivity index (χ1) is 36.9. The van der Waals surface area contributed by atoms with Gasteiger partial charge in [0.1, 0.15) is 60.1 Å². The standard InChI is InChI=1S/C47H71N13O16S2/c1-23(62)37-44(72)53-27(6-2-3-15-48)39(67)56-31(20-61)41(69)54-29(19-36(51)65)45(73)60-17-5-8-34(60)46(74)59-16-4-7-33(59)43(71)52-28(13-14-35(50)64)40(68)57-32(22-78-77-21-26(49)38(66)58-37)42(70)55-30(47(75)76)18-24-9-11-25(63)12-10-24/h9-12,23,26-34,37,61-63H,2-8,13-22,48-49H2,1H3,(H2,50,64)(H2,51,65)(H,52,71)(H,53,72)(H,54,69)(H,55,70)(H,56,67)(H,57,68)(H,58,66)(H,75,76)/t23-,26+,27-,28-,29+,30+,31+,32-,33+,34+,37+/m1/s1. The van der Waals surface area contributed by atoms with Crippen LogP contribution in [0.15, 0.2) is 24.3 Å². The van der Waals surface area contributed by atoms with E-state index in [0.29, 0.717) is 12.0 Å². The normalized spacial score (nSPS) is 26.7. The van der Waals surface area contributed by atoms with E-state index in [1.165, 1.54) is 29.2 Å². The third-order valence-electron chi connectivity index (χ3n) is 13.0. The molecule has 0 aromatic heterocycles. The molecule has 11 atom stereocenters. The summed E-state index contributed by atoms with van der Waals surface area (Å²) in [6.07, 6.45) is -2.33. The average Bonchev–Trinajstić information content (AvgIpc) is 4.10. The number of nitrogens with two attached hydrogens (primary N) is 4. The number of nitrogens with one attached hydrogen (secondary N) is 7. The molecule has 3 saturated heterocycles. The van der Waals surface area contributed by atoms with Gasteiger partial charge in [-0.05, 0) is 82.5 Å². The van der Waals surface area contributed by atoms with E-state index in [4.69, 9.17) is 22.9 Å². The zero-order chi connectivity index (χ0) is 57.8. The van der Waals surface area contributed by atoms with E-state index in [2.05, 4.69) is 37.2 Å². The van der Waals surface area contributed by atoms with Crippen molar-refractivity contribution in [2.24, 2.45) is 22.9 Å². The molecule has 11 amide bonds. The number of phenolic OH excluding ortho intramolecular Hbond substituents is 1. The minimum Gasteiger partial charge on any atom is -0.508 e. The zero-order valence-electron chi connectivity index (χ0n) is 42.9. The second-order valence-electron chi connectivity index (χ2n) is 19.0. The summed E-state index contributed by atoms with van der Waals surface area (Å²) in [7, 11) is 1.80. The number of primary amides is 2. The number of benzene rings is 1. The van der Waals surface area contributed by atoms with Gasteiger partial charge >= 0.3 is 5.97 Å². The number of rotatable bonds is 16. The fraction of sp³-hybridized carbons (Fsp3) is 0.617. The lowest BCUT2D eigenvalue weighted by molar-refractivity contribution is -0.148. The Balaban J connectivity index is 1.74. The largest absolute Gasteiger partial charge is 0.508 e. The van der Waals surface area contributed by atoms with Crippen molar-refractivity contribution >= 4 is 92.5 Å². The minimum atomic E-state index is -1.80. The Kier molecular flexibility index (Phi) is 25.3. The molecule has 1 aromatic carbocycles. The highest BCUT2D eigenvalue weighted by atomic mass is 33.1. The highest BCUT2D eigenvalue weighted by Crippen LogP contribution is 2.27. The highest BCUT2D eigenvalue weighted by Gasteiger charge is 2.45. The average molecular weight is 1140 g/mol. The lowest BCUT2D eigenvalue weighted by Gasteiger charge is -2.33. The number of aliphatic carboxylic acids is 1. The van der Waals surface area contributed by atoms with Gasteiger partial charge in [0.2, 0.25) is 65.0 Å². The number of amides is 11. The number of unbranched alkanes of at least 4 members (excludes halogenated alkanes) is 1. The van der Waals surface area contributed by atoms with Gasteiger partial charge in [0.15, 0.2) is 0 Å². The predicted octanol–water partition coefficient (Wildman–Crippen LogP) is -6.24. The lowest BCUT2D eigenvalue weighted by atomic mass is 10.1. The summed E-state index contributed by atoms with van der Waals surface area (Å²) in [6, 6.07) is -9.91. The van der Waals surface area contributed by atoms with E-state index in [1.54, 1.807) is 0 Å². The number of phenols is 1. The molecule has 4 rings (SSSR count). The molecule has 3 heterocycles. The number of carbonyl (C=O) groups is 12. The van der Waals surface area contributed by atoms with Gasteiger partial charge in [-0.2, -0.15) is 0 Å². The van der Waals surface area contributed by atoms with Crippen LogP contribution in [0.1, 0.15) is 76.7 Å². The van der Waals surface area contributed by atoms with Crippen molar-refractivity contribution in [2.45, 2.75) is 144 Å². The van der Waals surface area contributed by atoms with Gasteiger partial charge < -0.3 is 90.4 Å². The summed E-state index contributed by atoms with van der Waals surface area (Å²) in [4.78, 5) is 165. The van der Waals surface area contributed by atoms with Crippen LogP contribution in [0.2, 0.25) is 0 Å². The molecule has 0 radical (unpaired) electrons. The van der Waals surface area contributed by atoms with Crippen LogP contribution in [-0.4, -0.2) is 205 Å². The molecule has 3 fully saturated rings. The molecule has 0 aliphatic carbocycles. The first kappa shape index (κ1) is 63.7. The monoisotopic (exact) mass is 1140 g/mol. The maximum Gasteiger partial charge on any atom is 0.326 e. The fourth-order valence-electron chi connectivity index (χ4n) is 8.74. The Morgan fingerprint density at radius 3 is 1.87 bits per heavy atom. The van der Waals surface area contributed by atoms with Gasteiger partial charge in [-0.1, -0.05) is 33.7 Å². The molecule has 3 aliphatic heterocycles. The second-order valence-corrected chi connectivity index (χ2v) is 21.6. The number of fused-ring (bicyclic) bond motifs is 2. The summed E-state index contributed by atoms with van der Waals surface area (Å²) >= 11 is 0. The molecule has 432 valence electrons. The van der Waals surface area contributed by atoms with Crippen molar-refractivity contribution in [3.8, 4) is 5.75 Å². The number of aliphatic hydroxyl groups excluding tert-OH is 2. The molecular formula is C47H71N13O16S2. The number of carboxylic acid groups (broad SMARTS) is 1. The quantitative estimate of drug-likeness (QED) is 0.0541. The van der Waals surface area contributed by atoms with Crippen molar-refractivity contribution in [1.82, 2.24) is 47.0 Å². The Hall–Kier alpha value is -6.80. The SMILES string of the molecule is C[C@@H](O)[C@@H]1NC(=O)[C@@H](N)CSSC[C@H](C(=O)N[C@@H](Cc2ccc(O)cc2)C(=O)O)NC(=O)[C@@H](CCC(N)=O)NC(=O)[C@@H]2CCCN2C(=O)[C@@H]2CCCN2C(=O)[C@H](CC(N)=O)NC(=O)[C@H](CO)NC(=O)[C@@H](CCCCN)NC1=O. The lowest BCUT2D eigenvalue weighted by Crippen LogP contribution is -2.61. The van der Waals surface area contributed by atoms with Crippen LogP contribution in [0.4, 0.5) is 0 Å². The van der Waals surface area contributed by atoms with E-state index < -0.39 is 163 Å². The van der Waals surface area contributed by atoms with Crippen molar-refractivity contribution in [3.05, 3.63) is 29.8 Å². The molecule has 0 bridgehead atoms. The summed E-state index contributed by atoms with van der Waals surface area (Å²) in [5.74, 6) is -12.9. The van der Waals surface area contributed by atoms with Crippen molar-refractivity contribution in [2.75, 3.05) is 37.7 Å². The third-order valence-corrected chi connectivity index (χ3v) is 15.4. The number of carbonyl (C=O) groups excluding carboxylic acids is 11. The van der Waals surface area contributed by atoms with Crippen LogP contribution in [0.3, 0.4) is 0 Å². The Morgan fingerprint density at radius 2 is 1.27 bits per heavy atom. The number of nitrogens with zero attached hydrogens (tertiary/aromatic N) is 2. The molecule has 31 heteroatoms. The molecule has 0 unspecified atom stereocenters. The summed E-state index contributed by atoms with van der Waals surface area (Å²) in [5.41, 5.74) is 23.2. The van der Waals surface area contributed by atoms with Crippen LogP contribution >= 0.6 is 21.6 Å². The van der Waals surface area contributed by atoms with Crippen molar-refractivity contribution in [1.29, 1.82) is 0 Å². The van der Waals surface area contributed by atoms with Crippen molar-refractivity contribution < 1.29 is 78.0 Å². The molecule has 78 heavy (non-hydrogen) atoms. The van der Waals surface area contributed by atoms with E-state index in [-0.39, 0.29) is 81.8 Å². The molecule has 3 aliphatic rings. The van der Waals surface area contributed by atoms with Crippen molar-refractivity contribution in [3.63, 3.8) is 0 Å². The number of aliphatic hydroxyl groups is 2. The predicted molar refractivity (Wildman–Crippen MR) is 279 cm³/mol. The molecule has 0 spiro atoms. The number of hydrogen-bond acceptors (Lipinski definition) is 19. The molecule has 0 saturated carbocycles. The molecule has 1 aromatic rings. The minimum absolute atomic E-state index is 0.0115. The van der Waals surface area contributed by atoms with Gasteiger partial charge in [0.25, 0.3) is 0 Å². The van der Waals surface area contributed by atoms with Crippen LogP contribution in [-0.2, 0) is 64.0 Å². The van der Waals surface area contributed by atoms with E-state index >= 15 is 0 Å². The van der Waals surface area contributed by atoms with E-state index in [9.17, 15) is 78.0 Å². The third kappa shape index (κ3) is 19.0. The van der Waals surface area contributed by atoms with Crippen LogP contribution < -0.4 is 60.2 Å². The zero-order valence-corrected chi connectivity index (χ0v) is 44.5.